The lowest BCUT2D eigenvalue weighted by Gasteiger charge is -2.38. The van der Waals surface area contributed by atoms with Crippen LogP contribution in [-0.4, -0.2) is 29.2 Å². The monoisotopic (exact) mass is 311 g/mol. The molecule has 0 radical (unpaired) electrons. The first-order chi connectivity index (χ1) is 10.8. The molecule has 1 aromatic carbocycles. The first-order valence-electron chi connectivity index (χ1n) is 8.30. The minimum atomic E-state index is -0.467. The number of carbonyl (C=O) groups excluding carboxylic acids is 1. The van der Waals surface area contributed by atoms with Crippen LogP contribution in [0.2, 0.25) is 0 Å². The van der Waals surface area contributed by atoms with Gasteiger partial charge < -0.3 is 9.64 Å². The molecule has 2 bridgehead atoms. The maximum Gasteiger partial charge on any atom is 0.410 e. The molecule has 23 heavy (non-hydrogen) atoms. The van der Waals surface area contributed by atoms with Crippen LogP contribution in [0.5, 0.6) is 0 Å². The van der Waals surface area contributed by atoms with E-state index in [0.717, 1.165) is 0 Å². The molecule has 2 aliphatic heterocycles. The molecule has 4 rings (SSSR count). The molecule has 0 saturated carbocycles. The zero-order valence-electron chi connectivity index (χ0n) is 14.3. The fourth-order valence-corrected chi connectivity index (χ4v) is 3.31. The van der Waals surface area contributed by atoms with Gasteiger partial charge in [0.15, 0.2) is 0 Å². The number of hydrogen-bond donors (Lipinski definition) is 0. The molecule has 3 atom stereocenters. The Bertz CT molecular complexity index is 639. The molecular formula is C20H25NO2. The molecule has 0 fully saturated rings. The Balaban J connectivity index is 1.92. The van der Waals surface area contributed by atoms with Gasteiger partial charge in [0.1, 0.15) is 5.60 Å². The second-order valence-electron chi connectivity index (χ2n) is 7.46. The Hall–Kier alpha value is -2.03. The van der Waals surface area contributed by atoms with Crippen LogP contribution >= 0.6 is 0 Å². The summed E-state index contributed by atoms with van der Waals surface area (Å²) in [4.78, 5) is 14.5. The van der Waals surface area contributed by atoms with Crippen LogP contribution in [0.1, 0.15) is 33.3 Å². The van der Waals surface area contributed by atoms with Gasteiger partial charge >= 0.3 is 6.09 Å². The van der Waals surface area contributed by atoms with Gasteiger partial charge in [-0.05, 0) is 37.8 Å². The largest absolute Gasteiger partial charge is 0.444 e. The maximum absolute atomic E-state index is 12.6. The number of benzene rings is 1. The van der Waals surface area contributed by atoms with Crippen molar-refractivity contribution in [1.82, 2.24) is 4.90 Å². The summed E-state index contributed by atoms with van der Waals surface area (Å²) < 4.78 is 5.60. The van der Waals surface area contributed by atoms with E-state index in [1.54, 1.807) is 0 Å². The first-order valence-corrected chi connectivity index (χ1v) is 8.30. The van der Waals surface area contributed by atoms with Crippen LogP contribution in [-0.2, 0) is 4.74 Å². The number of fused-ring (bicyclic) bond motifs is 2. The molecule has 0 spiro atoms. The summed E-state index contributed by atoms with van der Waals surface area (Å²) in [5, 5.41) is 0. The zero-order valence-corrected chi connectivity index (χ0v) is 14.3. The predicted molar refractivity (Wildman–Crippen MR) is 92.9 cm³/mol. The van der Waals surface area contributed by atoms with Crippen LogP contribution in [0, 0.1) is 11.8 Å². The molecular weight excluding hydrogens is 286 g/mol. The Morgan fingerprint density at radius 1 is 1.17 bits per heavy atom. The van der Waals surface area contributed by atoms with Gasteiger partial charge in [0.25, 0.3) is 0 Å². The minimum absolute atomic E-state index is 0.0510. The minimum Gasteiger partial charge on any atom is -0.444 e. The van der Waals surface area contributed by atoms with Crippen molar-refractivity contribution in [2.75, 3.05) is 6.54 Å². The molecule has 2 heterocycles. The Labute approximate surface area is 138 Å². The van der Waals surface area contributed by atoms with Gasteiger partial charge in [-0.3, -0.25) is 0 Å². The lowest BCUT2D eigenvalue weighted by atomic mass is 9.87. The average Bonchev–Trinajstić information content (AvgIpc) is 2.75. The third-order valence-corrected chi connectivity index (χ3v) is 4.42. The Morgan fingerprint density at radius 3 is 2.52 bits per heavy atom. The second-order valence-corrected chi connectivity index (χ2v) is 7.46. The van der Waals surface area contributed by atoms with E-state index in [0.29, 0.717) is 6.54 Å². The van der Waals surface area contributed by atoms with E-state index in [4.69, 9.17) is 4.74 Å². The number of carbonyl (C=O) groups is 1. The van der Waals surface area contributed by atoms with Crippen molar-refractivity contribution in [2.45, 2.75) is 39.3 Å². The molecule has 0 aromatic heterocycles. The Morgan fingerprint density at radius 2 is 1.87 bits per heavy atom. The fourth-order valence-electron chi connectivity index (χ4n) is 3.31. The van der Waals surface area contributed by atoms with Crippen molar-refractivity contribution in [3.8, 4) is 0 Å². The van der Waals surface area contributed by atoms with E-state index < -0.39 is 5.60 Å². The molecule has 1 aromatic rings. The van der Waals surface area contributed by atoms with Crippen molar-refractivity contribution in [1.29, 1.82) is 0 Å². The van der Waals surface area contributed by atoms with E-state index >= 15 is 0 Å². The number of hydrogen-bond acceptors (Lipinski definition) is 2. The average molecular weight is 311 g/mol. The van der Waals surface area contributed by atoms with Crippen LogP contribution in [0.4, 0.5) is 4.79 Å². The highest BCUT2D eigenvalue weighted by atomic mass is 16.6. The number of nitrogens with zero attached hydrogens (tertiary/aromatic N) is 1. The molecule has 3 aliphatic rings. The lowest BCUT2D eigenvalue weighted by Crippen LogP contribution is -2.48. The molecule has 1 aliphatic carbocycles. The predicted octanol–water partition coefficient (Wildman–Crippen LogP) is 4.51. The third-order valence-electron chi connectivity index (χ3n) is 4.42. The second kappa shape index (κ2) is 5.88. The highest BCUT2D eigenvalue weighted by molar-refractivity contribution is 5.76. The maximum atomic E-state index is 12.6. The standard InChI is InChI=1S/C20H25NO2/c1-14-10-11-16-13-21(19(22)23-20(2,3)4)18(14)12-17(16)15-8-6-5-7-9-15/h5-12,14,16,18H,13H2,1-4H3. The van der Waals surface area contributed by atoms with E-state index in [1.807, 2.05) is 31.7 Å². The summed E-state index contributed by atoms with van der Waals surface area (Å²) in [7, 11) is 0. The van der Waals surface area contributed by atoms with Crippen molar-refractivity contribution < 1.29 is 9.53 Å². The summed E-state index contributed by atoms with van der Waals surface area (Å²) >= 11 is 0. The highest BCUT2D eigenvalue weighted by Gasteiger charge is 2.38. The van der Waals surface area contributed by atoms with Crippen LogP contribution < -0.4 is 0 Å². The summed E-state index contributed by atoms with van der Waals surface area (Å²) in [5.74, 6) is 0.514. The van der Waals surface area contributed by atoms with E-state index in [2.05, 4.69) is 49.4 Å². The van der Waals surface area contributed by atoms with Crippen molar-refractivity contribution in [2.24, 2.45) is 11.8 Å². The topological polar surface area (TPSA) is 29.5 Å². The number of rotatable bonds is 1. The van der Waals surface area contributed by atoms with Crippen LogP contribution in [0.15, 0.2) is 48.6 Å². The smallest absolute Gasteiger partial charge is 0.410 e. The third kappa shape index (κ3) is 3.34. The molecule has 0 N–H and O–H groups in total. The van der Waals surface area contributed by atoms with Gasteiger partial charge in [-0.25, -0.2) is 4.79 Å². The fraction of sp³-hybridized carbons (Fsp3) is 0.450. The van der Waals surface area contributed by atoms with Crippen molar-refractivity contribution in [3.63, 3.8) is 0 Å². The van der Waals surface area contributed by atoms with E-state index in [-0.39, 0.29) is 24.0 Å². The molecule has 3 nitrogen and oxygen atoms in total. The first kappa shape index (κ1) is 15.9. The van der Waals surface area contributed by atoms with Crippen molar-refractivity contribution in [3.05, 3.63) is 54.1 Å². The van der Waals surface area contributed by atoms with E-state index in [1.165, 1.54) is 11.1 Å². The molecule has 3 unspecified atom stereocenters. The molecule has 1 amide bonds. The molecule has 0 saturated heterocycles. The number of amides is 1. The molecule has 122 valence electrons. The van der Waals surface area contributed by atoms with Gasteiger partial charge in [0, 0.05) is 12.5 Å². The highest BCUT2D eigenvalue weighted by Crippen LogP contribution is 2.37. The van der Waals surface area contributed by atoms with Gasteiger partial charge in [0.05, 0.1) is 6.04 Å². The summed E-state index contributed by atoms with van der Waals surface area (Å²) in [5.41, 5.74) is 2.09. The Kier molecular flexibility index (Phi) is 4.05. The van der Waals surface area contributed by atoms with Gasteiger partial charge in [-0.1, -0.05) is 55.5 Å². The lowest BCUT2D eigenvalue weighted by molar-refractivity contribution is 0.0158. The van der Waals surface area contributed by atoms with Gasteiger partial charge in [-0.2, -0.15) is 0 Å². The SMILES string of the molecule is CC1C=CC2CN(C(=O)OC(C)(C)C)C1C=C2c1ccccc1. The normalized spacial score (nSPS) is 26.7. The molecule has 3 heteroatoms. The number of ether oxygens (including phenoxy) is 1. The van der Waals surface area contributed by atoms with Crippen LogP contribution in [0.3, 0.4) is 0 Å². The summed E-state index contributed by atoms with van der Waals surface area (Å²) in [6.07, 6.45) is 6.50. The summed E-state index contributed by atoms with van der Waals surface area (Å²) in [6, 6.07) is 10.5. The zero-order chi connectivity index (χ0) is 16.6. The van der Waals surface area contributed by atoms with Crippen molar-refractivity contribution >= 4 is 11.7 Å². The van der Waals surface area contributed by atoms with Crippen LogP contribution in [0.25, 0.3) is 5.57 Å². The van der Waals surface area contributed by atoms with Gasteiger partial charge in [-0.15, -0.1) is 0 Å². The van der Waals surface area contributed by atoms with Gasteiger partial charge in [0.2, 0.25) is 0 Å². The summed E-state index contributed by atoms with van der Waals surface area (Å²) in [6.45, 7) is 8.57. The quantitative estimate of drug-likeness (QED) is 0.714. The van der Waals surface area contributed by atoms with E-state index in [9.17, 15) is 4.79 Å².